The Balaban J connectivity index is 1.11. The summed E-state index contributed by atoms with van der Waals surface area (Å²) in [5, 5.41) is 22.2. The smallest absolute Gasteiger partial charge is 0.220 e. The van der Waals surface area contributed by atoms with Crippen LogP contribution in [0.15, 0.2) is 60.8 Å². The number of rotatable bonds is 12. The van der Waals surface area contributed by atoms with Gasteiger partial charge in [-0.05, 0) is 25.0 Å². The van der Waals surface area contributed by atoms with E-state index in [1.54, 1.807) is 13.3 Å². The second-order valence-electron chi connectivity index (χ2n) is 12.4. The van der Waals surface area contributed by atoms with Crippen LogP contribution in [0.1, 0.15) is 36.9 Å². The summed E-state index contributed by atoms with van der Waals surface area (Å²) in [6, 6.07) is 17.9. The van der Waals surface area contributed by atoms with Crippen molar-refractivity contribution in [1.82, 2.24) is 41.4 Å². The van der Waals surface area contributed by atoms with E-state index in [2.05, 4.69) is 36.4 Å². The number of carbonyl (C=O) groups is 2. The fourth-order valence-electron chi connectivity index (χ4n) is 6.47. The van der Waals surface area contributed by atoms with Crippen molar-refractivity contribution in [3.8, 4) is 39.4 Å². The molecule has 5 N–H and O–H groups in total. The van der Waals surface area contributed by atoms with E-state index in [-0.39, 0.29) is 23.9 Å². The number of amides is 2. The van der Waals surface area contributed by atoms with Gasteiger partial charge in [-0.3, -0.25) is 14.7 Å². The molecule has 2 fully saturated rings. The van der Waals surface area contributed by atoms with Crippen molar-refractivity contribution in [2.75, 3.05) is 20.2 Å². The Kier molecular flexibility index (Phi) is 9.77. The number of nitrogens with zero attached hydrogens (tertiary/aromatic N) is 3. The zero-order chi connectivity index (χ0) is 33.9. The van der Waals surface area contributed by atoms with Crippen molar-refractivity contribution in [3.63, 3.8) is 0 Å². The van der Waals surface area contributed by atoms with E-state index in [4.69, 9.17) is 32.9 Å². The van der Waals surface area contributed by atoms with Gasteiger partial charge in [0.15, 0.2) is 5.65 Å². The molecule has 2 aliphatic rings. The third-order valence-electron chi connectivity index (χ3n) is 9.06. The average molecular weight is 700 g/mol. The van der Waals surface area contributed by atoms with E-state index in [9.17, 15) is 9.59 Å². The fraction of sp³-hybridized carbons (Fsp3) is 0.306. The molecule has 0 saturated carbocycles. The predicted octanol–water partition coefficient (Wildman–Crippen LogP) is 5.41. The quantitative estimate of drug-likeness (QED) is 0.116. The van der Waals surface area contributed by atoms with Gasteiger partial charge in [0.25, 0.3) is 0 Å². The molecule has 0 bridgehead atoms. The van der Waals surface area contributed by atoms with Crippen LogP contribution in [-0.4, -0.2) is 64.3 Å². The van der Waals surface area contributed by atoms with Gasteiger partial charge in [0.1, 0.15) is 0 Å². The Bertz CT molecular complexity index is 2030. The maximum atomic E-state index is 11.5. The Morgan fingerprint density at radius 3 is 2.12 bits per heavy atom. The summed E-state index contributed by atoms with van der Waals surface area (Å²) in [5.41, 5.74) is 7.08. The Hall–Kier alpha value is -4.55. The first-order valence-electron chi connectivity index (χ1n) is 16.3. The molecule has 0 radical (unpaired) electrons. The van der Waals surface area contributed by atoms with Gasteiger partial charge >= 0.3 is 0 Å². The summed E-state index contributed by atoms with van der Waals surface area (Å²) < 4.78 is 5.65. The number of carbonyl (C=O) groups excluding carboxylic acids is 2. The number of pyridine rings is 2. The summed E-state index contributed by atoms with van der Waals surface area (Å²) in [4.78, 5) is 32.5. The SMILES string of the molecule is COc1nc(-c2cccc(-c3cccc(-c4cnc5[nH]nc(CNC[C@@H]6CCC(=O)N6)c5c4)c3Cl)c2Cl)ccc1CNC[C@H]1CCC(=O)N1. The minimum Gasteiger partial charge on any atom is -0.481 e. The van der Waals surface area contributed by atoms with Gasteiger partial charge in [0, 0.05) is 96.1 Å². The molecule has 2 aromatic carbocycles. The zero-order valence-corrected chi connectivity index (χ0v) is 28.4. The topological polar surface area (TPSA) is 146 Å². The standard InChI is InChI=1S/C36H36Cl2N8O3/c1-49-36-20(15-39-17-22-9-12-31(47)42-22)8-11-29(44-36)27-7-3-6-26(34(27)38)25-5-2-4-24(33(25)37)21-14-28-30(45-46-35(28)41-16-21)19-40-18-23-10-13-32(48)43-23/h2-8,11,14,16,22-23,39-40H,9-10,12-13,15,17-19H2,1H3,(H,42,47)(H,43,48)(H,41,45,46)/t22-,23+/m1/s1. The number of H-pyrrole nitrogens is 1. The molecule has 49 heavy (non-hydrogen) atoms. The largest absolute Gasteiger partial charge is 0.481 e. The van der Waals surface area contributed by atoms with Crippen LogP contribution in [0.25, 0.3) is 44.5 Å². The van der Waals surface area contributed by atoms with Crippen LogP contribution in [0.4, 0.5) is 0 Å². The number of fused-ring (bicyclic) bond motifs is 1. The molecule has 7 rings (SSSR count). The van der Waals surface area contributed by atoms with Gasteiger partial charge in [-0.15, -0.1) is 0 Å². The van der Waals surface area contributed by atoms with Crippen LogP contribution in [0.2, 0.25) is 10.0 Å². The van der Waals surface area contributed by atoms with Gasteiger partial charge in [-0.2, -0.15) is 5.10 Å². The van der Waals surface area contributed by atoms with Crippen LogP contribution < -0.4 is 26.0 Å². The number of halogens is 2. The van der Waals surface area contributed by atoms with E-state index < -0.39 is 0 Å². The fourth-order valence-corrected chi connectivity index (χ4v) is 7.14. The summed E-state index contributed by atoms with van der Waals surface area (Å²) in [7, 11) is 1.60. The van der Waals surface area contributed by atoms with E-state index in [1.165, 1.54) is 0 Å². The molecule has 2 atom stereocenters. The molecule has 0 unspecified atom stereocenters. The second-order valence-corrected chi connectivity index (χ2v) is 13.1. The molecule has 0 aliphatic carbocycles. The number of ether oxygens (including phenoxy) is 1. The molecule has 3 aromatic heterocycles. The summed E-state index contributed by atoms with van der Waals surface area (Å²) in [5.74, 6) is 0.701. The first-order chi connectivity index (χ1) is 23.9. The van der Waals surface area contributed by atoms with E-state index in [0.29, 0.717) is 66.3 Å². The number of benzene rings is 2. The average Bonchev–Trinajstić information content (AvgIpc) is 3.84. The number of hydrogen-bond acceptors (Lipinski definition) is 8. The molecule has 2 saturated heterocycles. The molecule has 13 heteroatoms. The number of hydrogen-bond donors (Lipinski definition) is 5. The van der Waals surface area contributed by atoms with Gasteiger partial charge in [-0.25, -0.2) is 9.97 Å². The van der Waals surface area contributed by atoms with Crippen molar-refractivity contribution in [1.29, 1.82) is 0 Å². The van der Waals surface area contributed by atoms with Gasteiger partial charge in [0.05, 0.1) is 28.5 Å². The van der Waals surface area contributed by atoms with Crippen LogP contribution in [0.5, 0.6) is 5.88 Å². The van der Waals surface area contributed by atoms with Crippen molar-refractivity contribution in [2.24, 2.45) is 0 Å². The number of nitrogens with one attached hydrogen (secondary N) is 5. The maximum Gasteiger partial charge on any atom is 0.220 e. The van der Waals surface area contributed by atoms with Crippen LogP contribution in [0.3, 0.4) is 0 Å². The van der Waals surface area contributed by atoms with Gasteiger partial charge in [-0.1, -0.05) is 65.7 Å². The van der Waals surface area contributed by atoms with Crippen LogP contribution in [-0.2, 0) is 22.7 Å². The highest BCUT2D eigenvalue weighted by molar-refractivity contribution is 6.39. The third kappa shape index (κ3) is 7.11. The molecule has 5 aromatic rings. The van der Waals surface area contributed by atoms with Crippen molar-refractivity contribution >= 4 is 46.0 Å². The van der Waals surface area contributed by atoms with E-state index in [0.717, 1.165) is 57.3 Å². The van der Waals surface area contributed by atoms with Crippen molar-refractivity contribution < 1.29 is 14.3 Å². The minimum atomic E-state index is 0.0987. The first kappa shape index (κ1) is 33.0. The number of aromatic nitrogens is 4. The highest BCUT2D eigenvalue weighted by Crippen LogP contribution is 2.42. The molecular weight excluding hydrogens is 663 g/mol. The zero-order valence-electron chi connectivity index (χ0n) is 26.9. The highest BCUT2D eigenvalue weighted by atomic mass is 35.5. The molecular formula is C36H36Cl2N8O3. The second kappa shape index (κ2) is 14.5. The lowest BCUT2D eigenvalue weighted by Gasteiger charge is -2.15. The summed E-state index contributed by atoms with van der Waals surface area (Å²) >= 11 is 14.2. The maximum absolute atomic E-state index is 11.5. The third-order valence-corrected chi connectivity index (χ3v) is 9.88. The molecule has 0 spiro atoms. The lowest BCUT2D eigenvalue weighted by atomic mass is 9.97. The normalized spacial score (nSPS) is 17.4. The van der Waals surface area contributed by atoms with E-state index >= 15 is 0 Å². The Morgan fingerprint density at radius 2 is 1.47 bits per heavy atom. The van der Waals surface area contributed by atoms with Gasteiger partial charge < -0.3 is 26.0 Å². The first-order valence-corrected chi connectivity index (χ1v) is 17.1. The molecule has 2 amide bonds. The highest BCUT2D eigenvalue weighted by Gasteiger charge is 2.22. The van der Waals surface area contributed by atoms with Crippen LogP contribution in [0, 0.1) is 0 Å². The molecule has 2 aliphatic heterocycles. The minimum absolute atomic E-state index is 0.0987. The monoisotopic (exact) mass is 698 g/mol. The van der Waals surface area contributed by atoms with E-state index in [1.807, 2.05) is 54.6 Å². The summed E-state index contributed by atoms with van der Waals surface area (Å²) in [6.45, 7) is 2.44. The predicted molar refractivity (Wildman–Crippen MR) is 190 cm³/mol. The number of methoxy groups -OCH3 is 1. The Labute approximate surface area is 293 Å². The number of aromatic amines is 1. The molecule has 11 nitrogen and oxygen atoms in total. The molecule has 252 valence electrons. The molecule has 5 heterocycles. The lowest BCUT2D eigenvalue weighted by Crippen LogP contribution is -2.35. The van der Waals surface area contributed by atoms with Crippen LogP contribution >= 0.6 is 23.2 Å². The summed E-state index contributed by atoms with van der Waals surface area (Å²) in [6.07, 6.45) is 4.59. The van der Waals surface area contributed by atoms with Crippen molar-refractivity contribution in [2.45, 2.75) is 50.9 Å². The van der Waals surface area contributed by atoms with Gasteiger partial charge in [0.2, 0.25) is 17.7 Å². The lowest BCUT2D eigenvalue weighted by molar-refractivity contribution is -0.120. The Morgan fingerprint density at radius 1 is 0.837 bits per heavy atom. The van der Waals surface area contributed by atoms with Crippen molar-refractivity contribution in [3.05, 3.63) is 82.1 Å².